The Kier molecular flexibility index (Phi) is 7.43. The average Bonchev–Trinajstić information content (AvgIpc) is 2.58. The number of nitrogens with one attached hydrogen (secondary N) is 1. The summed E-state index contributed by atoms with van der Waals surface area (Å²) in [5.74, 6) is 0.203. The zero-order valence-electron chi connectivity index (χ0n) is 15.5. The number of hydrogen-bond donors (Lipinski definition) is 2. The van der Waals surface area contributed by atoms with Crippen molar-refractivity contribution in [3.05, 3.63) is 22.7 Å². The van der Waals surface area contributed by atoms with E-state index in [0.717, 1.165) is 28.9 Å². The number of carbonyl (C=O) groups is 1. The lowest BCUT2D eigenvalue weighted by molar-refractivity contribution is 0.0240. The SMILES string of the molecule is CC(C)(C)OC(=O)N1CCN(c2ccc(NCC(O)CCl)cc2Br)CC1. The van der Waals surface area contributed by atoms with Crippen molar-refractivity contribution >= 4 is 45.0 Å². The summed E-state index contributed by atoms with van der Waals surface area (Å²) in [4.78, 5) is 16.1. The van der Waals surface area contributed by atoms with Crippen LogP contribution in [0.25, 0.3) is 0 Å². The third-order valence-electron chi connectivity index (χ3n) is 3.94. The van der Waals surface area contributed by atoms with Crippen LogP contribution in [0.1, 0.15) is 20.8 Å². The highest BCUT2D eigenvalue weighted by atomic mass is 79.9. The van der Waals surface area contributed by atoms with Gasteiger partial charge in [-0.15, -0.1) is 11.6 Å². The Morgan fingerprint density at radius 3 is 2.54 bits per heavy atom. The summed E-state index contributed by atoms with van der Waals surface area (Å²) in [6.45, 7) is 8.78. The first kappa shape index (κ1) is 21.1. The Balaban J connectivity index is 1.91. The number of rotatable bonds is 5. The fourth-order valence-electron chi connectivity index (χ4n) is 2.62. The molecule has 0 aliphatic carbocycles. The lowest BCUT2D eigenvalue weighted by Gasteiger charge is -2.37. The number of amides is 1. The van der Waals surface area contributed by atoms with Crippen LogP contribution < -0.4 is 10.2 Å². The van der Waals surface area contributed by atoms with Crippen LogP contribution >= 0.6 is 27.5 Å². The molecule has 2 rings (SSSR count). The first-order valence-corrected chi connectivity index (χ1v) is 10.0. The van der Waals surface area contributed by atoms with Crippen molar-refractivity contribution in [3.8, 4) is 0 Å². The molecule has 146 valence electrons. The summed E-state index contributed by atoms with van der Waals surface area (Å²) < 4.78 is 6.40. The molecule has 0 spiro atoms. The molecule has 1 unspecified atom stereocenters. The van der Waals surface area contributed by atoms with Crippen molar-refractivity contribution in [2.45, 2.75) is 32.5 Å². The van der Waals surface area contributed by atoms with Crippen molar-refractivity contribution in [3.63, 3.8) is 0 Å². The van der Waals surface area contributed by atoms with Gasteiger partial charge in [0.05, 0.1) is 17.7 Å². The molecule has 0 radical (unpaired) electrons. The second-order valence-electron chi connectivity index (χ2n) is 7.31. The second-order valence-corrected chi connectivity index (χ2v) is 8.47. The third kappa shape index (κ3) is 6.21. The van der Waals surface area contributed by atoms with Gasteiger partial charge < -0.3 is 25.0 Å². The Morgan fingerprint density at radius 2 is 2.00 bits per heavy atom. The molecule has 0 bridgehead atoms. The van der Waals surface area contributed by atoms with Gasteiger partial charge in [0.1, 0.15) is 5.60 Å². The zero-order valence-corrected chi connectivity index (χ0v) is 17.8. The maximum Gasteiger partial charge on any atom is 0.410 e. The lowest BCUT2D eigenvalue weighted by Crippen LogP contribution is -2.50. The predicted octanol–water partition coefficient (Wildman–Crippen LogP) is 3.52. The number of hydrogen-bond acceptors (Lipinski definition) is 5. The fraction of sp³-hybridized carbons (Fsp3) is 0.611. The summed E-state index contributed by atoms with van der Waals surface area (Å²) in [5, 5.41) is 12.7. The van der Waals surface area contributed by atoms with Crippen LogP contribution in [-0.2, 0) is 4.74 Å². The van der Waals surface area contributed by atoms with Crippen LogP contribution in [0.4, 0.5) is 16.2 Å². The van der Waals surface area contributed by atoms with E-state index in [1.54, 1.807) is 4.90 Å². The highest BCUT2D eigenvalue weighted by Crippen LogP contribution is 2.30. The number of anilines is 2. The predicted molar refractivity (Wildman–Crippen MR) is 109 cm³/mol. The Hall–Kier alpha value is -1.18. The van der Waals surface area contributed by atoms with Crippen LogP contribution in [0.15, 0.2) is 22.7 Å². The number of alkyl halides is 1. The van der Waals surface area contributed by atoms with Crippen molar-refractivity contribution in [1.82, 2.24) is 4.90 Å². The maximum absolute atomic E-state index is 12.2. The second kappa shape index (κ2) is 9.15. The summed E-state index contributed by atoms with van der Waals surface area (Å²) in [5.41, 5.74) is 1.52. The maximum atomic E-state index is 12.2. The highest BCUT2D eigenvalue weighted by molar-refractivity contribution is 9.10. The third-order valence-corrected chi connectivity index (χ3v) is 4.93. The zero-order chi connectivity index (χ0) is 19.3. The number of nitrogens with zero attached hydrogens (tertiary/aromatic N) is 2. The number of halogens is 2. The molecule has 1 aromatic rings. The minimum atomic E-state index is -0.573. The van der Waals surface area contributed by atoms with Gasteiger partial charge in [-0.05, 0) is 54.9 Å². The largest absolute Gasteiger partial charge is 0.444 e. The molecular formula is C18H27BrClN3O3. The summed E-state index contributed by atoms with van der Waals surface area (Å²) >= 11 is 9.22. The molecule has 6 nitrogen and oxygen atoms in total. The first-order valence-electron chi connectivity index (χ1n) is 8.70. The Bertz CT molecular complexity index is 616. The molecule has 8 heteroatoms. The van der Waals surface area contributed by atoms with Crippen molar-refractivity contribution < 1.29 is 14.6 Å². The number of aliphatic hydroxyl groups excluding tert-OH is 1. The van der Waals surface area contributed by atoms with Gasteiger partial charge in [-0.1, -0.05) is 0 Å². The van der Waals surface area contributed by atoms with Gasteiger partial charge in [-0.3, -0.25) is 0 Å². The molecule has 1 saturated heterocycles. The highest BCUT2D eigenvalue weighted by Gasteiger charge is 2.26. The molecule has 1 atom stereocenters. The molecule has 2 N–H and O–H groups in total. The van der Waals surface area contributed by atoms with Gasteiger partial charge in [-0.2, -0.15) is 0 Å². The minimum absolute atomic E-state index is 0.203. The van der Waals surface area contributed by atoms with Crippen LogP contribution in [0.5, 0.6) is 0 Å². The minimum Gasteiger partial charge on any atom is -0.444 e. The van der Waals surface area contributed by atoms with E-state index in [4.69, 9.17) is 16.3 Å². The van der Waals surface area contributed by atoms with E-state index in [0.29, 0.717) is 19.6 Å². The molecule has 0 aromatic heterocycles. The number of carbonyl (C=O) groups excluding carboxylic acids is 1. The number of aliphatic hydroxyl groups is 1. The quantitative estimate of drug-likeness (QED) is 0.675. The van der Waals surface area contributed by atoms with E-state index in [2.05, 4.69) is 26.1 Å². The fourth-order valence-corrected chi connectivity index (χ4v) is 3.36. The number of piperazine rings is 1. The van der Waals surface area contributed by atoms with Crippen LogP contribution in [0.2, 0.25) is 0 Å². The van der Waals surface area contributed by atoms with E-state index in [1.807, 2.05) is 39.0 Å². The Labute approximate surface area is 168 Å². The smallest absolute Gasteiger partial charge is 0.410 e. The summed E-state index contributed by atoms with van der Waals surface area (Å²) in [6, 6.07) is 5.99. The average molecular weight is 449 g/mol. The molecular weight excluding hydrogens is 422 g/mol. The van der Waals surface area contributed by atoms with E-state index < -0.39 is 11.7 Å². The topological polar surface area (TPSA) is 65.0 Å². The van der Waals surface area contributed by atoms with Crippen molar-refractivity contribution in [1.29, 1.82) is 0 Å². The number of benzene rings is 1. The van der Waals surface area contributed by atoms with E-state index in [-0.39, 0.29) is 12.0 Å². The summed E-state index contributed by atoms with van der Waals surface area (Å²) in [7, 11) is 0. The summed E-state index contributed by atoms with van der Waals surface area (Å²) in [6.07, 6.45) is -0.829. The van der Waals surface area contributed by atoms with Crippen molar-refractivity contribution in [2.24, 2.45) is 0 Å². The van der Waals surface area contributed by atoms with Gasteiger partial charge in [0, 0.05) is 42.9 Å². The molecule has 1 aromatic carbocycles. The normalized spacial score (nSPS) is 16.4. The molecule has 1 amide bonds. The Morgan fingerprint density at radius 1 is 1.35 bits per heavy atom. The molecule has 1 aliphatic rings. The van der Waals surface area contributed by atoms with Gasteiger partial charge in [0.25, 0.3) is 0 Å². The lowest BCUT2D eigenvalue weighted by atomic mass is 10.2. The molecule has 1 fully saturated rings. The molecule has 0 saturated carbocycles. The van der Waals surface area contributed by atoms with Crippen LogP contribution in [0, 0.1) is 0 Å². The molecule has 1 heterocycles. The van der Waals surface area contributed by atoms with Crippen LogP contribution in [-0.4, -0.2) is 66.4 Å². The molecule has 26 heavy (non-hydrogen) atoms. The van der Waals surface area contributed by atoms with Gasteiger partial charge >= 0.3 is 6.09 Å². The van der Waals surface area contributed by atoms with Gasteiger partial charge in [-0.25, -0.2) is 4.79 Å². The van der Waals surface area contributed by atoms with Gasteiger partial charge in [0.15, 0.2) is 0 Å². The van der Waals surface area contributed by atoms with E-state index >= 15 is 0 Å². The number of ether oxygens (including phenoxy) is 1. The monoisotopic (exact) mass is 447 g/mol. The van der Waals surface area contributed by atoms with Crippen LogP contribution in [0.3, 0.4) is 0 Å². The van der Waals surface area contributed by atoms with E-state index in [1.165, 1.54) is 0 Å². The van der Waals surface area contributed by atoms with Crippen molar-refractivity contribution in [2.75, 3.05) is 48.8 Å². The standard InChI is InChI=1S/C18H27BrClN3O3/c1-18(2,3)26-17(25)23-8-6-22(7-9-23)16-5-4-13(10-15(16)19)21-12-14(24)11-20/h4-5,10,14,21,24H,6-9,11-12H2,1-3H3. The van der Waals surface area contributed by atoms with Gasteiger partial charge in [0.2, 0.25) is 0 Å². The first-order chi connectivity index (χ1) is 12.2. The molecule has 1 aliphatic heterocycles. The van der Waals surface area contributed by atoms with E-state index in [9.17, 15) is 9.90 Å².